The molecule has 88 valence electrons. The van der Waals surface area contributed by atoms with Crippen LogP contribution in [0.1, 0.15) is 6.42 Å². The highest BCUT2D eigenvalue weighted by molar-refractivity contribution is 5.88. The molecule has 0 radical (unpaired) electrons. The van der Waals surface area contributed by atoms with Gasteiger partial charge in [0.1, 0.15) is 0 Å². The van der Waals surface area contributed by atoms with Crippen molar-refractivity contribution >= 4 is 11.8 Å². The summed E-state index contributed by atoms with van der Waals surface area (Å²) in [5, 5.41) is 8.93. The van der Waals surface area contributed by atoms with Crippen LogP contribution in [0.25, 0.3) is 0 Å². The maximum absolute atomic E-state index is 11.5. The van der Waals surface area contributed by atoms with Crippen LogP contribution in [0.2, 0.25) is 0 Å². The summed E-state index contributed by atoms with van der Waals surface area (Å²) in [5.74, 6) is -0.977. The van der Waals surface area contributed by atoms with Crippen molar-refractivity contribution in [3.63, 3.8) is 0 Å². The summed E-state index contributed by atoms with van der Waals surface area (Å²) in [6, 6.07) is 0. The van der Waals surface area contributed by atoms with Gasteiger partial charge in [0.2, 0.25) is 0 Å². The SMILES string of the molecule is C=C=CC(=O)OC(CO)C(=O)CCN1CC1. The third-order valence-corrected chi connectivity index (χ3v) is 2.22. The molecular formula is C11H15NO4. The predicted octanol–water partition coefficient (Wildman–Crippen LogP) is -0.494. The Morgan fingerprint density at radius 1 is 1.56 bits per heavy atom. The van der Waals surface area contributed by atoms with Gasteiger partial charge in [-0.25, -0.2) is 4.79 Å². The maximum atomic E-state index is 11.5. The standard InChI is InChI=1S/C11H15NO4/c1-2-3-11(15)16-10(8-13)9(14)4-5-12-6-7-12/h3,10,13H,1,4-8H2. The molecular weight excluding hydrogens is 210 g/mol. The summed E-state index contributed by atoms with van der Waals surface area (Å²) in [6.07, 6.45) is 0.202. The van der Waals surface area contributed by atoms with Crippen LogP contribution in [0.4, 0.5) is 0 Å². The monoisotopic (exact) mass is 225 g/mol. The first-order valence-electron chi connectivity index (χ1n) is 5.09. The van der Waals surface area contributed by atoms with E-state index >= 15 is 0 Å². The molecule has 5 heteroatoms. The van der Waals surface area contributed by atoms with Crippen LogP contribution >= 0.6 is 0 Å². The molecule has 0 bridgehead atoms. The first kappa shape index (κ1) is 12.6. The lowest BCUT2D eigenvalue weighted by Crippen LogP contribution is -2.31. The van der Waals surface area contributed by atoms with Gasteiger partial charge in [0, 0.05) is 26.1 Å². The Hall–Kier alpha value is -1.42. The highest BCUT2D eigenvalue weighted by atomic mass is 16.6. The van der Waals surface area contributed by atoms with E-state index in [0.29, 0.717) is 6.54 Å². The van der Waals surface area contributed by atoms with Crippen molar-refractivity contribution in [2.45, 2.75) is 12.5 Å². The number of carbonyl (C=O) groups excluding carboxylic acids is 2. The number of ether oxygens (including phenoxy) is 1. The molecule has 1 saturated heterocycles. The Labute approximate surface area is 94.0 Å². The van der Waals surface area contributed by atoms with E-state index < -0.39 is 18.7 Å². The normalized spacial score (nSPS) is 16.1. The summed E-state index contributed by atoms with van der Waals surface area (Å²) >= 11 is 0. The van der Waals surface area contributed by atoms with E-state index in [4.69, 9.17) is 9.84 Å². The van der Waals surface area contributed by atoms with E-state index in [9.17, 15) is 9.59 Å². The van der Waals surface area contributed by atoms with Crippen LogP contribution in [0.3, 0.4) is 0 Å². The Morgan fingerprint density at radius 3 is 2.75 bits per heavy atom. The van der Waals surface area contributed by atoms with Gasteiger partial charge < -0.3 is 14.7 Å². The molecule has 1 rings (SSSR count). The fraction of sp³-hybridized carbons (Fsp3) is 0.545. The highest BCUT2D eigenvalue weighted by Crippen LogP contribution is 2.06. The first-order valence-corrected chi connectivity index (χ1v) is 5.09. The molecule has 0 aromatic carbocycles. The van der Waals surface area contributed by atoms with Crippen LogP contribution < -0.4 is 0 Å². The number of esters is 1. The molecule has 0 aliphatic carbocycles. The van der Waals surface area contributed by atoms with Crippen LogP contribution in [-0.2, 0) is 14.3 Å². The van der Waals surface area contributed by atoms with Crippen LogP contribution in [0.5, 0.6) is 0 Å². The molecule has 1 fully saturated rings. The van der Waals surface area contributed by atoms with Crippen LogP contribution in [-0.4, -0.2) is 54.1 Å². The number of hydrogen-bond acceptors (Lipinski definition) is 5. The van der Waals surface area contributed by atoms with Crippen LogP contribution in [0, 0.1) is 0 Å². The molecule has 0 aromatic heterocycles. The van der Waals surface area contributed by atoms with Crippen molar-refractivity contribution in [2.75, 3.05) is 26.2 Å². The molecule has 1 N–H and O–H groups in total. The third kappa shape index (κ3) is 4.40. The molecule has 0 saturated carbocycles. The van der Waals surface area contributed by atoms with E-state index in [0.717, 1.165) is 19.2 Å². The summed E-state index contributed by atoms with van der Waals surface area (Å²) in [5.41, 5.74) is 2.25. The average molecular weight is 225 g/mol. The minimum absolute atomic E-state index is 0.264. The summed E-state index contributed by atoms with van der Waals surface area (Å²) in [6.45, 7) is 5.40. The summed E-state index contributed by atoms with van der Waals surface area (Å²) < 4.78 is 4.74. The second kappa shape index (κ2) is 6.23. The summed E-state index contributed by atoms with van der Waals surface area (Å²) in [7, 11) is 0. The van der Waals surface area contributed by atoms with E-state index in [1.54, 1.807) is 0 Å². The molecule has 1 aliphatic heterocycles. The molecule has 1 aliphatic rings. The Morgan fingerprint density at radius 2 is 2.25 bits per heavy atom. The lowest BCUT2D eigenvalue weighted by Gasteiger charge is -2.12. The van der Waals surface area contributed by atoms with Crippen molar-refractivity contribution in [1.29, 1.82) is 0 Å². The van der Waals surface area contributed by atoms with E-state index in [-0.39, 0.29) is 12.2 Å². The van der Waals surface area contributed by atoms with Gasteiger partial charge in [-0.3, -0.25) is 4.79 Å². The average Bonchev–Trinajstić information content (AvgIpc) is 3.06. The second-order valence-electron chi connectivity index (χ2n) is 3.51. The number of nitrogens with zero attached hydrogens (tertiary/aromatic N) is 1. The molecule has 5 nitrogen and oxygen atoms in total. The molecule has 0 amide bonds. The van der Waals surface area contributed by atoms with Gasteiger partial charge in [0.25, 0.3) is 0 Å². The lowest BCUT2D eigenvalue weighted by atomic mass is 10.2. The van der Waals surface area contributed by atoms with Gasteiger partial charge in [0.05, 0.1) is 12.7 Å². The van der Waals surface area contributed by atoms with Gasteiger partial charge in [-0.2, -0.15) is 0 Å². The van der Waals surface area contributed by atoms with Gasteiger partial charge in [-0.15, -0.1) is 5.73 Å². The number of hydrogen-bond donors (Lipinski definition) is 1. The first-order chi connectivity index (χ1) is 7.67. The van der Waals surface area contributed by atoms with E-state index in [1.807, 2.05) is 0 Å². The van der Waals surface area contributed by atoms with Crippen molar-refractivity contribution in [3.05, 3.63) is 18.4 Å². The van der Waals surface area contributed by atoms with E-state index in [1.165, 1.54) is 0 Å². The minimum Gasteiger partial charge on any atom is -0.448 e. The lowest BCUT2D eigenvalue weighted by molar-refractivity contribution is -0.152. The Balaban J connectivity index is 2.35. The smallest absolute Gasteiger partial charge is 0.339 e. The molecule has 1 atom stereocenters. The third-order valence-electron chi connectivity index (χ3n) is 2.22. The van der Waals surface area contributed by atoms with Gasteiger partial charge in [-0.1, -0.05) is 6.58 Å². The van der Waals surface area contributed by atoms with Crippen molar-refractivity contribution in [2.24, 2.45) is 0 Å². The zero-order chi connectivity index (χ0) is 12.0. The Bertz CT molecular complexity index is 316. The molecule has 1 unspecified atom stereocenters. The zero-order valence-electron chi connectivity index (χ0n) is 9.02. The van der Waals surface area contributed by atoms with Crippen LogP contribution in [0.15, 0.2) is 18.4 Å². The van der Waals surface area contributed by atoms with Gasteiger partial charge in [-0.05, 0) is 0 Å². The fourth-order valence-corrected chi connectivity index (χ4v) is 1.19. The number of aliphatic hydroxyl groups is 1. The number of carbonyl (C=O) groups is 2. The predicted molar refractivity (Wildman–Crippen MR) is 56.7 cm³/mol. The topological polar surface area (TPSA) is 66.6 Å². The Kier molecular flexibility index (Phi) is 4.92. The minimum atomic E-state index is -1.07. The number of ketones is 1. The molecule has 0 spiro atoms. The summed E-state index contributed by atoms with van der Waals surface area (Å²) in [4.78, 5) is 24.6. The van der Waals surface area contributed by atoms with E-state index in [2.05, 4.69) is 17.2 Å². The molecule has 16 heavy (non-hydrogen) atoms. The van der Waals surface area contributed by atoms with Crippen molar-refractivity contribution in [3.8, 4) is 0 Å². The largest absolute Gasteiger partial charge is 0.448 e. The zero-order valence-corrected chi connectivity index (χ0v) is 9.02. The number of aliphatic hydroxyl groups excluding tert-OH is 1. The maximum Gasteiger partial charge on any atom is 0.339 e. The molecule has 0 aromatic rings. The number of Topliss-reactive ketones (excluding diaryl/α,β-unsaturated/α-hetero) is 1. The quantitative estimate of drug-likeness (QED) is 0.274. The number of rotatable bonds is 7. The van der Waals surface area contributed by atoms with Gasteiger partial charge >= 0.3 is 5.97 Å². The second-order valence-corrected chi connectivity index (χ2v) is 3.51. The van der Waals surface area contributed by atoms with Crippen molar-refractivity contribution in [1.82, 2.24) is 4.90 Å². The van der Waals surface area contributed by atoms with Gasteiger partial charge in [0.15, 0.2) is 11.9 Å². The fourth-order valence-electron chi connectivity index (χ4n) is 1.19. The highest BCUT2D eigenvalue weighted by Gasteiger charge is 2.24. The molecule has 1 heterocycles. The van der Waals surface area contributed by atoms with Crippen molar-refractivity contribution < 1.29 is 19.4 Å².